The molecule has 1 aromatic rings. The Morgan fingerprint density at radius 2 is 2.00 bits per heavy atom. The molecule has 0 aromatic heterocycles. The Hall–Kier alpha value is -0.500. The van der Waals surface area contributed by atoms with Crippen molar-refractivity contribution >= 4 is 21.6 Å². The fraction of sp³-hybridized carbons (Fsp3) is 0.500. The summed E-state index contributed by atoms with van der Waals surface area (Å²) >= 11 is 3.44. The van der Waals surface area contributed by atoms with Crippen LogP contribution in [0, 0.1) is 0 Å². The SMILES string of the molecule is CCCCCCc1ccc(N)c(Br)c1. The van der Waals surface area contributed by atoms with E-state index in [1.807, 2.05) is 6.07 Å². The number of halogens is 1. The van der Waals surface area contributed by atoms with Crippen molar-refractivity contribution in [2.45, 2.75) is 39.0 Å². The minimum Gasteiger partial charge on any atom is -0.398 e. The van der Waals surface area contributed by atoms with Crippen LogP contribution >= 0.6 is 15.9 Å². The molecular weight excluding hydrogens is 238 g/mol. The molecule has 0 bridgehead atoms. The Balaban J connectivity index is 2.39. The highest BCUT2D eigenvalue weighted by atomic mass is 79.9. The predicted molar refractivity (Wildman–Crippen MR) is 66.4 cm³/mol. The second-order valence-electron chi connectivity index (χ2n) is 3.67. The second kappa shape index (κ2) is 6.07. The Morgan fingerprint density at radius 3 is 2.64 bits per heavy atom. The smallest absolute Gasteiger partial charge is 0.0458 e. The minimum absolute atomic E-state index is 0.822. The van der Waals surface area contributed by atoms with Crippen LogP contribution in [0.5, 0.6) is 0 Å². The highest BCUT2D eigenvalue weighted by Gasteiger charge is 1.97. The van der Waals surface area contributed by atoms with Gasteiger partial charge in [0, 0.05) is 10.2 Å². The molecule has 0 spiro atoms. The van der Waals surface area contributed by atoms with Gasteiger partial charge in [-0.05, 0) is 46.5 Å². The van der Waals surface area contributed by atoms with Gasteiger partial charge in [0.15, 0.2) is 0 Å². The van der Waals surface area contributed by atoms with Gasteiger partial charge < -0.3 is 5.73 Å². The van der Waals surface area contributed by atoms with Crippen LogP contribution in [0.15, 0.2) is 22.7 Å². The average Bonchev–Trinajstić information content (AvgIpc) is 2.18. The zero-order valence-electron chi connectivity index (χ0n) is 8.72. The first-order valence-electron chi connectivity index (χ1n) is 5.28. The molecule has 0 saturated heterocycles. The summed E-state index contributed by atoms with van der Waals surface area (Å²) in [6, 6.07) is 6.21. The lowest BCUT2D eigenvalue weighted by Gasteiger charge is -2.03. The van der Waals surface area contributed by atoms with Gasteiger partial charge in [0.2, 0.25) is 0 Å². The van der Waals surface area contributed by atoms with E-state index >= 15 is 0 Å². The number of benzene rings is 1. The fourth-order valence-electron chi connectivity index (χ4n) is 1.48. The summed E-state index contributed by atoms with van der Waals surface area (Å²) < 4.78 is 1.02. The van der Waals surface area contributed by atoms with Crippen molar-refractivity contribution in [1.82, 2.24) is 0 Å². The molecule has 14 heavy (non-hydrogen) atoms. The van der Waals surface area contributed by atoms with Crippen LogP contribution in [0.25, 0.3) is 0 Å². The third-order valence-corrected chi connectivity index (χ3v) is 3.07. The lowest BCUT2D eigenvalue weighted by molar-refractivity contribution is 0.667. The molecule has 0 aliphatic rings. The maximum absolute atomic E-state index is 5.72. The Bertz CT molecular complexity index is 284. The largest absolute Gasteiger partial charge is 0.398 e. The molecular formula is C12H18BrN. The highest BCUT2D eigenvalue weighted by Crippen LogP contribution is 2.21. The van der Waals surface area contributed by atoms with Crippen molar-refractivity contribution in [3.05, 3.63) is 28.2 Å². The third-order valence-electron chi connectivity index (χ3n) is 2.38. The Morgan fingerprint density at radius 1 is 1.21 bits per heavy atom. The summed E-state index contributed by atoms with van der Waals surface area (Å²) in [6.07, 6.45) is 6.42. The van der Waals surface area contributed by atoms with E-state index in [2.05, 4.69) is 35.0 Å². The van der Waals surface area contributed by atoms with Crippen LogP contribution in [0.3, 0.4) is 0 Å². The standard InChI is InChI=1S/C12H18BrN/c1-2-3-4-5-6-10-7-8-12(14)11(13)9-10/h7-9H,2-6,14H2,1H3. The van der Waals surface area contributed by atoms with Gasteiger partial charge in [-0.25, -0.2) is 0 Å². The van der Waals surface area contributed by atoms with E-state index in [1.165, 1.54) is 37.7 Å². The van der Waals surface area contributed by atoms with E-state index in [0.29, 0.717) is 0 Å². The van der Waals surface area contributed by atoms with Gasteiger partial charge in [-0.15, -0.1) is 0 Å². The third kappa shape index (κ3) is 3.70. The molecule has 78 valence electrons. The van der Waals surface area contributed by atoms with Gasteiger partial charge in [0.1, 0.15) is 0 Å². The molecule has 0 amide bonds. The summed E-state index contributed by atoms with van der Waals surface area (Å²) in [5.41, 5.74) is 7.92. The van der Waals surface area contributed by atoms with Crippen molar-refractivity contribution in [2.75, 3.05) is 5.73 Å². The molecule has 1 aromatic carbocycles. The molecule has 2 heteroatoms. The summed E-state index contributed by atoms with van der Waals surface area (Å²) in [6.45, 7) is 2.24. The molecule has 1 nitrogen and oxygen atoms in total. The average molecular weight is 256 g/mol. The number of anilines is 1. The van der Waals surface area contributed by atoms with Gasteiger partial charge >= 0.3 is 0 Å². The van der Waals surface area contributed by atoms with Gasteiger partial charge in [0.05, 0.1) is 0 Å². The van der Waals surface area contributed by atoms with Crippen LogP contribution in [-0.2, 0) is 6.42 Å². The molecule has 0 fully saturated rings. The van der Waals surface area contributed by atoms with Crippen molar-refractivity contribution in [3.8, 4) is 0 Å². The molecule has 0 aliphatic carbocycles. The summed E-state index contributed by atoms with van der Waals surface area (Å²) in [7, 11) is 0. The quantitative estimate of drug-likeness (QED) is 0.621. The number of rotatable bonds is 5. The normalized spacial score (nSPS) is 10.4. The lowest BCUT2D eigenvalue weighted by atomic mass is 10.1. The maximum atomic E-state index is 5.72. The monoisotopic (exact) mass is 255 g/mol. The highest BCUT2D eigenvalue weighted by molar-refractivity contribution is 9.10. The molecule has 0 aliphatic heterocycles. The van der Waals surface area contributed by atoms with Gasteiger partial charge in [0.25, 0.3) is 0 Å². The Kier molecular flexibility index (Phi) is 5.02. The number of aryl methyl sites for hydroxylation is 1. The molecule has 0 radical (unpaired) electrons. The van der Waals surface area contributed by atoms with Crippen molar-refractivity contribution in [2.24, 2.45) is 0 Å². The summed E-state index contributed by atoms with van der Waals surface area (Å²) in [5.74, 6) is 0. The first kappa shape index (κ1) is 11.6. The fourth-order valence-corrected chi connectivity index (χ4v) is 1.91. The topological polar surface area (TPSA) is 26.0 Å². The molecule has 0 saturated carbocycles. The van der Waals surface area contributed by atoms with E-state index in [1.54, 1.807) is 0 Å². The van der Waals surface area contributed by atoms with Crippen molar-refractivity contribution in [1.29, 1.82) is 0 Å². The summed E-state index contributed by atoms with van der Waals surface area (Å²) in [4.78, 5) is 0. The van der Waals surface area contributed by atoms with E-state index in [0.717, 1.165) is 10.2 Å². The van der Waals surface area contributed by atoms with E-state index < -0.39 is 0 Å². The van der Waals surface area contributed by atoms with Crippen LogP contribution in [0.4, 0.5) is 5.69 Å². The van der Waals surface area contributed by atoms with Crippen molar-refractivity contribution < 1.29 is 0 Å². The molecule has 0 heterocycles. The number of hydrogen-bond donors (Lipinski definition) is 1. The zero-order valence-corrected chi connectivity index (χ0v) is 10.3. The lowest BCUT2D eigenvalue weighted by Crippen LogP contribution is -1.90. The summed E-state index contributed by atoms with van der Waals surface area (Å²) in [5, 5.41) is 0. The zero-order chi connectivity index (χ0) is 10.4. The Labute approximate surface area is 94.8 Å². The number of unbranched alkanes of at least 4 members (excludes halogenated alkanes) is 3. The van der Waals surface area contributed by atoms with Crippen LogP contribution in [-0.4, -0.2) is 0 Å². The molecule has 2 N–H and O–H groups in total. The first-order chi connectivity index (χ1) is 6.74. The molecule has 1 rings (SSSR count). The van der Waals surface area contributed by atoms with E-state index in [9.17, 15) is 0 Å². The van der Waals surface area contributed by atoms with Crippen LogP contribution in [0.1, 0.15) is 38.2 Å². The number of nitrogens with two attached hydrogens (primary N) is 1. The second-order valence-corrected chi connectivity index (χ2v) is 4.52. The van der Waals surface area contributed by atoms with Crippen molar-refractivity contribution in [3.63, 3.8) is 0 Å². The van der Waals surface area contributed by atoms with Crippen LogP contribution in [0.2, 0.25) is 0 Å². The predicted octanol–water partition coefficient (Wildman–Crippen LogP) is 4.15. The number of hydrogen-bond acceptors (Lipinski definition) is 1. The van der Waals surface area contributed by atoms with E-state index in [-0.39, 0.29) is 0 Å². The van der Waals surface area contributed by atoms with E-state index in [4.69, 9.17) is 5.73 Å². The minimum atomic E-state index is 0.822. The van der Waals surface area contributed by atoms with Gasteiger partial charge in [-0.3, -0.25) is 0 Å². The van der Waals surface area contributed by atoms with Crippen LogP contribution < -0.4 is 5.73 Å². The number of nitrogen functional groups attached to an aromatic ring is 1. The first-order valence-corrected chi connectivity index (χ1v) is 6.07. The molecule has 0 atom stereocenters. The maximum Gasteiger partial charge on any atom is 0.0458 e. The molecule has 0 unspecified atom stereocenters. The van der Waals surface area contributed by atoms with Gasteiger partial charge in [-0.1, -0.05) is 32.3 Å². The van der Waals surface area contributed by atoms with Gasteiger partial charge in [-0.2, -0.15) is 0 Å².